The summed E-state index contributed by atoms with van der Waals surface area (Å²) < 4.78 is 5.35. The van der Waals surface area contributed by atoms with Crippen LogP contribution in [0.5, 0.6) is 5.75 Å². The number of aldehydes is 1. The summed E-state index contributed by atoms with van der Waals surface area (Å²) in [5, 5.41) is 0. The second kappa shape index (κ2) is 5.32. The first-order valence-electron chi connectivity index (χ1n) is 4.25. The van der Waals surface area contributed by atoms with E-state index < -0.39 is 0 Å². The number of carbonyl (C=O) groups excluding carboxylic acids is 1. The maximum absolute atomic E-state index is 10.3. The molecule has 0 saturated heterocycles. The maximum Gasteiger partial charge on any atom is 0.150 e. The number of hydrogen-bond donors (Lipinski definition) is 1. The molecular weight excluding hydrogens is 166 g/mol. The van der Waals surface area contributed by atoms with E-state index in [0.29, 0.717) is 18.7 Å². The third kappa shape index (κ3) is 3.25. The molecule has 0 fully saturated rings. The zero-order chi connectivity index (χ0) is 9.52. The zero-order valence-corrected chi connectivity index (χ0v) is 7.40. The summed E-state index contributed by atoms with van der Waals surface area (Å²) >= 11 is 0. The van der Waals surface area contributed by atoms with Crippen molar-refractivity contribution in [1.82, 2.24) is 0 Å². The Hall–Kier alpha value is -1.35. The molecule has 1 aromatic rings. The molecule has 70 valence electrons. The summed E-state index contributed by atoms with van der Waals surface area (Å²) in [6.07, 6.45) is 1.65. The SMILES string of the molecule is NCCCOc1ccc(C=O)cc1. The van der Waals surface area contributed by atoms with Crippen LogP contribution in [0.4, 0.5) is 0 Å². The van der Waals surface area contributed by atoms with Gasteiger partial charge < -0.3 is 10.5 Å². The van der Waals surface area contributed by atoms with Crippen molar-refractivity contribution < 1.29 is 9.53 Å². The highest BCUT2D eigenvalue weighted by molar-refractivity contribution is 5.74. The van der Waals surface area contributed by atoms with Crippen LogP contribution in [0.15, 0.2) is 24.3 Å². The van der Waals surface area contributed by atoms with Crippen LogP contribution in [-0.4, -0.2) is 19.4 Å². The average molecular weight is 179 g/mol. The van der Waals surface area contributed by atoms with Crippen molar-refractivity contribution in [3.05, 3.63) is 29.8 Å². The smallest absolute Gasteiger partial charge is 0.150 e. The predicted octanol–water partition coefficient (Wildman–Crippen LogP) is 1.23. The van der Waals surface area contributed by atoms with E-state index in [1.54, 1.807) is 24.3 Å². The van der Waals surface area contributed by atoms with E-state index in [0.717, 1.165) is 18.5 Å². The second-order valence-corrected chi connectivity index (χ2v) is 2.68. The van der Waals surface area contributed by atoms with Crippen LogP contribution in [-0.2, 0) is 0 Å². The first-order valence-corrected chi connectivity index (χ1v) is 4.25. The van der Waals surface area contributed by atoms with E-state index in [1.807, 2.05) is 0 Å². The number of benzene rings is 1. The fourth-order valence-electron chi connectivity index (χ4n) is 0.916. The Balaban J connectivity index is 2.44. The summed E-state index contributed by atoms with van der Waals surface area (Å²) in [7, 11) is 0. The van der Waals surface area contributed by atoms with Crippen LogP contribution in [0.3, 0.4) is 0 Å². The van der Waals surface area contributed by atoms with Crippen LogP contribution < -0.4 is 10.5 Å². The van der Waals surface area contributed by atoms with Gasteiger partial charge in [-0.2, -0.15) is 0 Å². The van der Waals surface area contributed by atoms with E-state index in [2.05, 4.69) is 0 Å². The van der Waals surface area contributed by atoms with Gasteiger partial charge >= 0.3 is 0 Å². The fourth-order valence-corrected chi connectivity index (χ4v) is 0.916. The van der Waals surface area contributed by atoms with Gasteiger partial charge in [-0.15, -0.1) is 0 Å². The van der Waals surface area contributed by atoms with Crippen LogP contribution >= 0.6 is 0 Å². The van der Waals surface area contributed by atoms with Gasteiger partial charge in [0.05, 0.1) is 6.61 Å². The van der Waals surface area contributed by atoms with Crippen molar-refractivity contribution in [2.75, 3.05) is 13.2 Å². The molecule has 3 heteroatoms. The Morgan fingerprint density at radius 1 is 1.31 bits per heavy atom. The molecule has 0 radical (unpaired) electrons. The lowest BCUT2D eigenvalue weighted by atomic mass is 10.2. The van der Waals surface area contributed by atoms with Crippen LogP contribution in [0, 0.1) is 0 Å². The molecular formula is C10H13NO2. The molecule has 1 rings (SSSR count). The minimum absolute atomic E-state index is 0.622. The molecule has 0 heterocycles. The first kappa shape index (κ1) is 9.74. The highest BCUT2D eigenvalue weighted by atomic mass is 16.5. The van der Waals surface area contributed by atoms with Gasteiger partial charge in [-0.1, -0.05) is 0 Å². The molecule has 0 atom stereocenters. The van der Waals surface area contributed by atoms with Crippen LogP contribution in [0.2, 0.25) is 0 Å². The molecule has 3 nitrogen and oxygen atoms in total. The standard InChI is InChI=1S/C10H13NO2/c11-6-1-7-13-10-4-2-9(8-12)3-5-10/h2-5,8H,1,6-7,11H2. The van der Waals surface area contributed by atoms with Crippen molar-refractivity contribution in [3.63, 3.8) is 0 Å². The van der Waals surface area contributed by atoms with E-state index in [4.69, 9.17) is 10.5 Å². The Morgan fingerprint density at radius 3 is 2.54 bits per heavy atom. The highest BCUT2D eigenvalue weighted by Gasteiger charge is 1.93. The van der Waals surface area contributed by atoms with Crippen molar-refractivity contribution in [2.24, 2.45) is 5.73 Å². The Kier molecular flexibility index (Phi) is 3.99. The van der Waals surface area contributed by atoms with E-state index in [1.165, 1.54) is 0 Å². The summed E-state index contributed by atoms with van der Waals surface area (Å²) in [5.41, 5.74) is 5.97. The van der Waals surface area contributed by atoms with E-state index in [-0.39, 0.29) is 0 Å². The molecule has 0 aliphatic rings. The van der Waals surface area contributed by atoms with Crippen LogP contribution in [0.1, 0.15) is 16.8 Å². The van der Waals surface area contributed by atoms with E-state index in [9.17, 15) is 4.79 Å². The Labute approximate surface area is 77.5 Å². The lowest BCUT2D eigenvalue weighted by molar-refractivity contribution is 0.112. The van der Waals surface area contributed by atoms with Gasteiger partial charge in [0.25, 0.3) is 0 Å². The van der Waals surface area contributed by atoms with Crippen molar-refractivity contribution in [3.8, 4) is 5.75 Å². The normalized spacial score (nSPS) is 9.62. The van der Waals surface area contributed by atoms with Crippen molar-refractivity contribution >= 4 is 6.29 Å². The van der Waals surface area contributed by atoms with Crippen molar-refractivity contribution in [2.45, 2.75) is 6.42 Å². The van der Waals surface area contributed by atoms with Gasteiger partial charge in [0.2, 0.25) is 0 Å². The molecule has 0 aromatic heterocycles. The molecule has 0 saturated carbocycles. The largest absolute Gasteiger partial charge is 0.494 e. The van der Waals surface area contributed by atoms with Gasteiger partial charge in [-0.05, 0) is 37.2 Å². The van der Waals surface area contributed by atoms with E-state index >= 15 is 0 Å². The first-order chi connectivity index (χ1) is 6.36. The summed E-state index contributed by atoms with van der Waals surface area (Å²) in [6.45, 7) is 1.25. The molecule has 0 aliphatic carbocycles. The minimum Gasteiger partial charge on any atom is -0.494 e. The fraction of sp³-hybridized carbons (Fsp3) is 0.300. The highest BCUT2D eigenvalue weighted by Crippen LogP contribution is 2.10. The van der Waals surface area contributed by atoms with Crippen molar-refractivity contribution in [1.29, 1.82) is 0 Å². The lowest BCUT2D eigenvalue weighted by Gasteiger charge is -2.04. The number of carbonyl (C=O) groups is 1. The van der Waals surface area contributed by atoms with Gasteiger partial charge in [0.1, 0.15) is 12.0 Å². The second-order valence-electron chi connectivity index (χ2n) is 2.68. The number of hydrogen-bond acceptors (Lipinski definition) is 3. The summed E-state index contributed by atoms with van der Waals surface area (Å²) in [4.78, 5) is 10.3. The average Bonchev–Trinajstić information content (AvgIpc) is 2.19. The number of nitrogens with two attached hydrogens (primary N) is 1. The molecule has 13 heavy (non-hydrogen) atoms. The molecule has 0 unspecified atom stereocenters. The monoisotopic (exact) mass is 179 g/mol. The van der Waals surface area contributed by atoms with Gasteiger partial charge in [0.15, 0.2) is 0 Å². The third-order valence-electron chi connectivity index (χ3n) is 1.63. The zero-order valence-electron chi connectivity index (χ0n) is 7.40. The maximum atomic E-state index is 10.3. The predicted molar refractivity (Wildman–Crippen MR) is 51.0 cm³/mol. The topological polar surface area (TPSA) is 52.3 Å². The molecule has 1 aromatic carbocycles. The molecule has 2 N–H and O–H groups in total. The quantitative estimate of drug-likeness (QED) is 0.546. The minimum atomic E-state index is 0.622. The molecule has 0 aliphatic heterocycles. The lowest BCUT2D eigenvalue weighted by Crippen LogP contribution is -2.05. The van der Waals surface area contributed by atoms with Gasteiger partial charge in [-0.25, -0.2) is 0 Å². The van der Waals surface area contributed by atoms with Gasteiger partial charge in [0, 0.05) is 5.56 Å². The molecule has 0 bridgehead atoms. The molecule has 0 amide bonds. The van der Waals surface area contributed by atoms with Crippen LogP contribution in [0.25, 0.3) is 0 Å². The summed E-state index contributed by atoms with van der Waals surface area (Å²) in [6, 6.07) is 7.01. The number of ether oxygens (including phenoxy) is 1. The third-order valence-corrected chi connectivity index (χ3v) is 1.63. The Bertz CT molecular complexity index is 256. The number of rotatable bonds is 5. The van der Waals surface area contributed by atoms with Gasteiger partial charge in [-0.3, -0.25) is 4.79 Å². The molecule has 0 spiro atoms. The summed E-state index contributed by atoms with van der Waals surface area (Å²) in [5.74, 6) is 0.777. The Morgan fingerprint density at radius 2 is 2.00 bits per heavy atom.